The first-order valence-corrected chi connectivity index (χ1v) is 9.93. The van der Waals surface area contributed by atoms with Gasteiger partial charge in [-0.25, -0.2) is 8.42 Å². The van der Waals surface area contributed by atoms with Crippen molar-refractivity contribution in [2.75, 3.05) is 6.26 Å². The summed E-state index contributed by atoms with van der Waals surface area (Å²) in [6.07, 6.45) is 0.653. The SMILES string of the molecule is CSc1cccc2c1S(=O)(=O)N(C(C)(C)c1ccccc1)C2O. The summed E-state index contributed by atoms with van der Waals surface area (Å²) >= 11 is 1.37. The molecule has 1 N–H and O–H groups in total. The number of sulfonamides is 1. The number of nitrogens with zero attached hydrogens (tertiary/aromatic N) is 1. The van der Waals surface area contributed by atoms with E-state index in [0.717, 1.165) is 5.56 Å². The molecule has 1 heterocycles. The Kier molecular flexibility index (Phi) is 4.04. The van der Waals surface area contributed by atoms with Crippen LogP contribution in [-0.4, -0.2) is 24.1 Å². The molecular weight excluding hydrogens is 330 g/mol. The molecule has 2 aromatic rings. The van der Waals surface area contributed by atoms with E-state index in [4.69, 9.17) is 0 Å². The first kappa shape index (κ1) is 16.5. The number of thioether (sulfide) groups is 1. The molecule has 1 aliphatic rings. The van der Waals surface area contributed by atoms with E-state index in [2.05, 4.69) is 0 Å². The average Bonchev–Trinajstić information content (AvgIpc) is 2.75. The summed E-state index contributed by atoms with van der Waals surface area (Å²) in [5, 5.41) is 10.7. The van der Waals surface area contributed by atoms with Crippen LogP contribution >= 0.6 is 11.8 Å². The molecule has 0 fully saturated rings. The van der Waals surface area contributed by atoms with Gasteiger partial charge in [-0.1, -0.05) is 42.5 Å². The third-order valence-electron chi connectivity index (χ3n) is 4.28. The molecule has 0 saturated carbocycles. The van der Waals surface area contributed by atoms with Gasteiger partial charge in [0.15, 0.2) is 0 Å². The van der Waals surface area contributed by atoms with E-state index in [1.54, 1.807) is 18.2 Å². The third kappa shape index (κ3) is 2.41. The smallest absolute Gasteiger partial charge is 0.247 e. The van der Waals surface area contributed by atoms with Gasteiger partial charge in [-0.2, -0.15) is 4.31 Å². The molecule has 3 rings (SSSR count). The topological polar surface area (TPSA) is 57.6 Å². The fraction of sp³-hybridized carbons (Fsp3) is 0.294. The summed E-state index contributed by atoms with van der Waals surface area (Å²) in [4.78, 5) is 0.886. The molecule has 4 nitrogen and oxygen atoms in total. The molecule has 1 unspecified atom stereocenters. The van der Waals surface area contributed by atoms with Crippen molar-refractivity contribution in [3.63, 3.8) is 0 Å². The maximum atomic E-state index is 13.1. The standard InChI is InChI=1S/C17H19NO3S2/c1-17(2,12-8-5-4-6-9-12)18-16(19)13-10-7-11-14(22-3)15(13)23(18,20)21/h4-11,16,19H,1-3H3. The molecule has 122 valence electrons. The van der Waals surface area contributed by atoms with Gasteiger partial charge < -0.3 is 5.11 Å². The van der Waals surface area contributed by atoms with Crippen LogP contribution in [0.25, 0.3) is 0 Å². The number of benzene rings is 2. The van der Waals surface area contributed by atoms with Crippen LogP contribution in [0.2, 0.25) is 0 Å². The van der Waals surface area contributed by atoms with Gasteiger partial charge in [0, 0.05) is 10.5 Å². The Labute approximate surface area is 141 Å². The maximum Gasteiger partial charge on any atom is 0.247 e. The monoisotopic (exact) mass is 349 g/mol. The quantitative estimate of drug-likeness (QED) is 0.864. The second-order valence-corrected chi connectivity index (χ2v) is 8.58. The molecule has 0 aromatic heterocycles. The van der Waals surface area contributed by atoms with Crippen LogP contribution < -0.4 is 0 Å². The number of aliphatic hydroxyl groups is 1. The number of hydrogen-bond donors (Lipinski definition) is 1. The zero-order valence-corrected chi connectivity index (χ0v) is 14.9. The van der Waals surface area contributed by atoms with Crippen LogP contribution in [0, 0.1) is 0 Å². The highest BCUT2D eigenvalue weighted by Crippen LogP contribution is 2.48. The van der Waals surface area contributed by atoms with Crippen molar-refractivity contribution in [2.24, 2.45) is 0 Å². The molecule has 23 heavy (non-hydrogen) atoms. The van der Waals surface area contributed by atoms with Crippen LogP contribution in [0.3, 0.4) is 0 Å². The van der Waals surface area contributed by atoms with Crippen molar-refractivity contribution in [3.05, 3.63) is 59.7 Å². The Morgan fingerprint density at radius 3 is 2.35 bits per heavy atom. The average molecular weight is 349 g/mol. The van der Waals surface area contributed by atoms with Crippen molar-refractivity contribution in [3.8, 4) is 0 Å². The van der Waals surface area contributed by atoms with Gasteiger partial charge >= 0.3 is 0 Å². The van der Waals surface area contributed by atoms with Crippen LogP contribution in [0.4, 0.5) is 0 Å². The fourth-order valence-corrected chi connectivity index (χ4v) is 6.27. The molecular formula is C17H19NO3S2. The van der Waals surface area contributed by atoms with Gasteiger partial charge in [-0.3, -0.25) is 0 Å². The van der Waals surface area contributed by atoms with Crippen molar-refractivity contribution < 1.29 is 13.5 Å². The number of rotatable bonds is 3. The molecule has 1 aliphatic heterocycles. The summed E-state index contributed by atoms with van der Waals surface area (Å²) < 4.78 is 27.5. The molecule has 2 aromatic carbocycles. The lowest BCUT2D eigenvalue weighted by atomic mass is 9.93. The summed E-state index contributed by atoms with van der Waals surface area (Å²) in [5.41, 5.74) is 0.413. The van der Waals surface area contributed by atoms with Gasteiger partial charge in [0.05, 0.1) is 5.54 Å². The first-order valence-electron chi connectivity index (χ1n) is 7.27. The van der Waals surface area contributed by atoms with E-state index < -0.39 is 21.8 Å². The number of hydrogen-bond acceptors (Lipinski definition) is 4. The molecule has 0 amide bonds. The largest absolute Gasteiger partial charge is 0.373 e. The number of aliphatic hydroxyl groups excluding tert-OH is 1. The van der Waals surface area contributed by atoms with Crippen molar-refractivity contribution >= 4 is 21.8 Å². The minimum atomic E-state index is -3.78. The van der Waals surface area contributed by atoms with E-state index in [1.165, 1.54) is 16.1 Å². The highest BCUT2D eigenvalue weighted by molar-refractivity contribution is 7.99. The minimum absolute atomic E-state index is 0.226. The zero-order valence-electron chi connectivity index (χ0n) is 13.2. The van der Waals surface area contributed by atoms with E-state index in [0.29, 0.717) is 10.5 Å². The lowest BCUT2D eigenvalue weighted by molar-refractivity contribution is 0.0121. The molecule has 0 bridgehead atoms. The predicted molar refractivity (Wildman–Crippen MR) is 91.7 cm³/mol. The van der Waals surface area contributed by atoms with Crippen LogP contribution in [0.15, 0.2) is 58.3 Å². The van der Waals surface area contributed by atoms with E-state index >= 15 is 0 Å². The first-order chi connectivity index (χ1) is 10.8. The van der Waals surface area contributed by atoms with E-state index in [-0.39, 0.29) is 4.90 Å². The summed E-state index contributed by atoms with van der Waals surface area (Å²) in [6, 6.07) is 14.6. The Morgan fingerprint density at radius 2 is 1.74 bits per heavy atom. The van der Waals surface area contributed by atoms with Crippen molar-refractivity contribution in [1.29, 1.82) is 0 Å². The normalized spacial score (nSPS) is 20.4. The van der Waals surface area contributed by atoms with Crippen molar-refractivity contribution in [2.45, 2.75) is 35.4 Å². The lowest BCUT2D eigenvalue weighted by Gasteiger charge is -2.36. The second-order valence-electron chi connectivity index (χ2n) is 5.98. The highest BCUT2D eigenvalue weighted by atomic mass is 32.2. The van der Waals surface area contributed by atoms with Crippen LogP contribution in [0.5, 0.6) is 0 Å². The zero-order chi connectivity index (χ0) is 16.8. The predicted octanol–water partition coefficient (Wildman–Crippen LogP) is 3.34. The Morgan fingerprint density at radius 1 is 1.09 bits per heavy atom. The molecule has 1 atom stereocenters. The van der Waals surface area contributed by atoms with Gasteiger partial charge in [0.2, 0.25) is 10.0 Å². The second kappa shape index (κ2) is 5.63. The highest BCUT2D eigenvalue weighted by Gasteiger charge is 2.50. The van der Waals surface area contributed by atoms with E-state index in [1.807, 2.05) is 50.4 Å². The summed E-state index contributed by atoms with van der Waals surface area (Å²) in [7, 11) is -3.78. The third-order valence-corrected chi connectivity index (χ3v) is 7.33. The maximum absolute atomic E-state index is 13.1. The molecule has 0 spiro atoms. The van der Waals surface area contributed by atoms with Gasteiger partial charge in [0.25, 0.3) is 0 Å². The summed E-state index contributed by atoms with van der Waals surface area (Å²) in [6.45, 7) is 3.63. The van der Waals surface area contributed by atoms with Crippen LogP contribution in [0.1, 0.15) is 31.2 Å². The number of fused-ring (bicyclic) bond motifs is 1. The summed E-state index contributed by atoms with van der Waals surface area (Å²) in [5.74, 6) is 0. The Hall–Kier alpha value is -1.34. The van der Waals surface area contributed by atoms with Gasteiger partial charge in [0.1, 0.15) is 11.1 Å². The Balaban J connectivity index is 2.20. The van der Waals surface area contributed by atoms with Gasteiger partial charge in [-0.05, 0) is 31.7 Å². The van der Waals surface area contributed by atoms with Gasteiger partial charge in [-0.15, -0.1) is 11.8 Å². The van der Waals surface area contributed by atoms with E-state index in [9.17, 15) is 13.5 Å². The molecule has 0 radical (unpaired) electrons. The van der Waals surface area contributed by atoms with Crippen LogP contribution in [-0.2, 0) is 15.6 Å². The molecule has 6 heteroatoms. The lowest BCUT2D eigenvalue weighted by Crippen LogP contribution is -2.44. The van der Waals surface area contributed by atoms with Crippen molar-refractivity contribution in [1.82, 2.24) is 4.31 Å². The minimum Gasteiger partial charge on any atom is -0.373 e. The molecule has 0 aliphatic carbocycles. The molecule has 0 saturated heterocycles. The fourth-order valence-electron chi connectivity index (χ4n) is 3.11. The Bertz CT molecular complexity index is 832.